The third-order valence-electron chi connectivity index (χ3n) is 3.11. The van der Waals surface area contributed by atoms with Crippen molar-refractivity contribution in [3.05, 3.63) is 53.2 Å². The molecule has 0 aliphatic carbocycles. The van der Waals surface area contributed by atoms with Crippen molar-refractivity contribution < 1.29 is 13.5 Å². The number of aromatic nitrogens is 2. The van der Waals surface area contributed by atoms with Gasteiger partial charge in [-0.3, -0.25) is 0 Å². The van der Waals surface area contributed by atoms with E-state index in [1.807, 2.05) is 31.2 Å². The number of halogens is 3. The molecule has 112 valence electrons. The van der Waals surface area contributed by atoms with E-state index < -0.39 is 6.61 Å². The van der Waals surface area contributed by atoms with Gasteiger partial charge in [-0.25, -0.2) is 9.97 Å². The number of hydrogen-bond acceptors (Lipinski definition) is 3. The van der Waals surface area contributed by atoms with Gasteiger partial charge in [0.2, 0.25) is 5.88 Å². The van der Waals surface area contributed by atoms with Crippen molar-refractivity contribution in [2.45, 2.75) is 13.5 Å². The van der Waals surface area contributed by atoms with Crippen molar-refractivity contribution in [3.63, 3.8) is 0 Å². The summed E-state index contributed by atoms with van der Waals surface area (Å²) >= 11 is 6.03. The second-order valence-electron chi connectivity index (χ2n) is 4.78. The Morgan fingerprint density at radius 2 is 2.00 bits per heavy atom. The molecule has 0 aliphatic rings. The Labute approximate surface area is 130 Å². The molecule has 22 heavy (non-hydrogen) atoms. The van der Waals surface area contributed by atoms with Crippen LogP contribution in [0.15, 0.2) is 42.6 Å². The number of nitrogens with zero attached hydrogens (tertiary/aromatic N) is 2. The molecule has 1 aromatic heterocycles. The van der Waals surface area contributed by atoms with Gasteiger partial charge in [-0.15, -0.1) is 0 Å². The van der Waals surface area contributed by atoms with Gasteiger partial charge in [-0.2, -0.15) is 8.78 Å². The first-order valence-corrected chi connectivity index (χ1v) is 6.89. The summed E-state index contributed by atoms with van der Waals surface area (Å²) in [5, 5.41) is 0.609. The van der Waals surface area contributed by atoms with Crippen LogP contribution in [0.3, 0.4) is 0 Å². The van der Waals surface area contributed by atoms with Crippen molar-refractivity contribution in [1.82, 2.24) is 9.97 Å². The molecule has 3 aromatic rings. The largest absolute Gasteiger partial charge is 0.415 e. The van der Waals surface area contributed by atoms with Crippen molar-refractivity contribution >= 4 is 22.6 Å². The summed E-state index contributed by atoms with van der Waals surface area (Å²) in [6, 6.07) is 11.1. The van der Waals surface area contributed by atoms with E-state index in [0.717, 1.165) is 16.7 Å². The van der Waals surface area contributed by atoms with Crippen molar-refractivity contribution in [2.75, 3.05) is 0 Å². The van der Waals surface area contributed by atoms with E-state index in [1.165, 1.54) is 6.20 Å². The molecule has 3 nitrogen and oxygen atoms in total. The zero-order valence-electron chi connectivity index (χ0n) is 11.6. The lowest BCUT2D eigenvalue weighted by atomic mass is 10.0. The predicted octanol–water partition coefficient (Wildman–Crippen LogP) is 4.86. The molecule has 2 aromatic carbocycles. The van der Waals surface area contributed by atoms with Gasteiger partial charge in [-0.1, -0.05) is 23.7 Å². The van der Waals surface area contributed by atoms with E-state index in [1.54, 1.807) is 12.1 Å². The van der Waals surface area contributed by atoms with Crippen molar-refractivity contribution in [2.24, 2.45) is 0 Å². The normalized spacial score (nSPS) is 11.1. The second-order valence-corrected chi connectivity index (χ2v) is 5.21. The molecule has 0 aliphatic heterocycles. The Morgan fingerprint density at radius 3 is 2.73 bits per heavy atom. The minimum Gasteiger partial charge on any atom is -0.415 e. The van der Waals surface area contributed by atoms with Crippen LogP contribution >= 0.6 is 11.6 Å². The van der Waals surface area contributed by atoms with Gasteiger partial charge in [0.15, 0.2) is 0 Å². The minimum atomic E-state index is -2.93. The van der Waals surface area contributed by atoms with Gasteiger partial charge >= 0.3 is 6.61 Å². The van der Waals surface area contributed by atoms with Crippen LogP contribution in [0.2, 0.25) is 5.02 Å². The number of alkyl halides is 2. The third kappa shape index (κ3) is 2.99. The average Bonchev–Trinajstić information content (AvgIpc) is 2.45. The lowest BCUT2D eigenvalue weighted by Gasteiger charge is -2.09. The Balaban J connectivity index is 2.18. The maximum Gasteiger partial charge on any atom is 0.388 e. The smallest absolute Gasteiger partial charge is 0.388 e. The van der Waals surface area contributed by atoms with E-state index in [0.29, 0.717) is 16.1 Å². The van der Waals surface area contributed by atoms with Crippen LogP contribution in [0.25, 0.3) is 22.2 Å². The number of rotatable bonds is 3. The summed E-state index contributed by atoms with van der Waals surface area (Å²) in [6.07, 6.45) is 1.19. The lowest BCUT2D eigenvalue weighted by molar-refractivity contribution is -0.0528. The highest BCUT2D eigenvalue weighted by Gasteiger charge is 2.11. The summed E-state index contributed by atoms with van der Waals surface area (Å²) in [5.74, 6) is -0.204. The maximum atomic E-state index is 12.3. The Hall–Kier alpha value is -2.27. The van der Waals surface area contributed by atoms with E-state index in [-0.39, 0.29) is 5.88 Å². The molecule has 0 saturated heterocycles. The van der Waals surface area contributed by atoms with E-state index in [4.69, 9.17) is 11.6 Å². The Morgan fingerprint density at radius 1 is 1.18 bits per heavy atom. The fourth-order valence-corrected chi connectivity index (χ4v) is 2.46. The molecule has 0 spiro atoms. The average molecular weight is 321 g/mol. The van der Waals surface area contributed by atoms with Crippen LogP contribution in [0.5, 0.6) is 5.88 Å². The fourth-order valence-electron chi connectivity index (χ4n) is 2.27. The van der Waals surface area contributed by atoms with Crippen LogP contribution in [-0.4, -0.2) is 16.6 Å². The molecule has 0 fully saturated rings. The lowest BCUT2D eigenvalue weighted by Crippen LogP contribution is -2.04. The first kappa shape index (κ1) is 14.7. The summed E-state index contributed by atoms with van der Waals surface area (Å²) in [5.41, 5.74) is 3.76. The van der Waals surface area contributed by atoms with Gasteiger partial charge in [-0.05, 0) is 42.3 Å². The molecule has 0 atom stereocenters. The first-order chi connectivity index (χ1) is 10.5. The fraction of sp³-hybridized carbons (Fsp3) is 0.125. The standard InChI is InChI=1S/C16H11ClF2N2O/c1-9-5-12(10-3-2-4-11(17)7-10)15-13(6-9)21-14(8-20-15)22-16(18)19/h2-8,16H,1H3. The van der Waals surface area contributed by atoms with Gasteiger partial charge in [0.25, 0.3) is 0 Å². The second kappa shape index (κ2) is 5.85. The van der Waals surface area contributed by atoms with Crippen LogP contribution < -0.4 is 4.74 Å². The number of fused-ring (bicyclic) bond motifs is 1. The Bertz CT molecular complexity index is 839. The van der Waals surface area contributed by atoms with Crippen molar-refractivity contribution in [3.8, 4) is 17.0 Å². The molecular formula is C16H11ClF2N2O. The molecule has 0 radical (unpaired) electrons. The van der Waals surface area contributed by atoms with Gasteiger partial charge in [0, 0.05) is 10.6 Å². The summed E-state index contributed by atoms with van der Waals surface area (Å²) < 4.78 is 28.9. The van der Waals surface area contributed by atoms with Crippen molar-refractivity contribution in [1.29, 1.82) is 0 Å². The van der Waals surface area contributed by atoms with Gasteiger partial charge in [0.05, 0.1) is 17.2 Å². The number of ether oxygens (including phenoxy) is 1. The summed E-state index contributed by atoms with van der Waals surface area (Å²) in [4.78, 5) is 8.30. The van der Waals surface area contributed by atoms with Crippen LogP contribution in [-0.2, 0) is 0 Å². The van der Waals surface area contributed by atoms with E-state index in [9.17, 15) is 8.78 Å². The maximum absolute atomic E-state index is 12.3. The molecule has 0 amide bonds. The van der Waals surface area contributed by atoms with E-state index >= 15 is 0 Å². The molecule has 0 saturated carbocycles. The van der Waals surface area contributed by atoms with E-state index in [2.05, 4.69) is 14.7 Å². The highest BCUT2D eigenvalue weighted by atomic mass is 35.5. The number of hydrogen-bond donors (Lipinski definition) is 0. The monoisotopic (exact) mass is 320 g/mol. The highest BCUT2D eigenvalue weighted by Crippen LogP contribution is 2.30. The third-order valence-corrected chi connectivity index (χ3v) is 3.35. The SMILES string of the molecule is Cc1cc(-c2cccc(Cl)c2)c2ncc(OC(F)F)nc2c1. The molecule has 0 N–H and O–H groups in total. The summed E-state index contributed by atoms with van der Waals surface area (Å²) in [7, 11) is 0. The molecule has 0 bridgehead atoms. The van der Waals surface area contributed by atoms with Crippen LogP contribution in [0.1, 0.15) is 5.56 Å². The first-order valence-electron chi connectivity index (χ1n) is 6.51. The predicted molar refractivity (Wildman–Crippen MR) is 81.4 cm³/mol. The molecule has 3 rings (SSSR count). The summed E-state index contributed by atoms with van der Waals surface area (Å²) in [6.45, 7) is -1.03. The molecular weight excluding hydrogens is 310 g/mol. The van der Waals surface area contributed by atoms with Gasteiger partial charge in [0.1, 0.15) is 0 Å². The van der Waals surface area contributed by atoms with Crippen LogP contribution in [0, 0.1) is 6.92 Å². The molecule has 6 heteroatoms. The Kier molecular flexibility index (Phi) is 3.90. The topological polar surface area (TPSA) is 35.0 Å². The zero-order chi connectivity index (χ0) is 15.7. The number of benzene rings is 2. The highest BCUT2D eigenvalue weighted by molar-refractivity contribution is 6.30. The molecule has 0 unspecified atom stereocenters. The number of aryl methyl sites for hydroxylation is 1. The zero-order valence-corrected chi connectivity index (χ0v) is 12.3. The quantitative estimate of drug-likeness (QED) is 0.691. The minimum absolute atomic E-state index is 0.204. The van der Waals surface area contributed by atoms with Gasteiger partial charge < -0.3 is 4.74 Å². The molecule has 1 heterocycles. The van der Waals surface area contributed by atoms with Crippen LogP contribution in [0.4, 0.5) is 8.78 Å².